The SMILES string of the molecule is O=C(CSc1nnc2n1CCCCC2)Nc1ccccc1Cc1ccccc1. The molecule has 1 aromatic heterocycles. The number of anilines is 1. The van der Waals surface area contributed by atoms with E-state index in [0.29, 0.717) is 5.75 Å². The second-order valence-corrected chi connectivity index (χ2v) is 7.96. The smallest absolute Gasteiger partial charge is 0.234 e. The van der Waals surface area contributed by atoms with Gasteiger partial charge in [0.05, 0.1) is 5.75 Å². The Hall–Kier alpha value is -2.60. The normalized spacial score (nSPS) is 13.6. The summed E-state index contributed by atoms with van der Waals surface area (Å²) in [4.78, 5) is 12.6. The average molecular weight is 393 g/mol. The number of rotatable bonds is 6. The zero-order valence-corrected chi connectivity index (χ0v) is 16.6. The maximum Gasteiger partial charge on any atom is 0.234 e. The van der Waals surface area contributed by atoms with Crippen molar-refractivity contribution in [1.29, 1.82) is 0 Å². The third-order valence-electron chi connectivity index (χ3n) is 4.94. The average Bonchev–Trinajstić information content (AvgIpc) is 2.95. The summed E-state index contributed by atoms with van der Waals surface area (Å²) in [7, 11) is 0. The summed E-state index contributed by atoms with van der Waals surface area (Å²) in [5.74, 6) is 1.36. The van der Waals surface area contributed by atoms with E-state index in [1.54, 1.807) is 0 Å². The molecule has 0 saturated carbocycles. The number of hydrogen-bond donors (Lipinski definition) is 1. The van der Waals surface area contributed by atoms with Crippen LogP contribution in [-0.2, 0) is 24.2 Å². The van der Waals surface area contributed by atoms with E-state index in [0.717, 1.165) is 48.0 Å². The van der Waals surface area contributed by atoms with E-state index in [1.807, 2.05) is 36.4 Å². The molecule has 1 aliphatic rings. The van der Waals surface area contributed by atoms with Crippen LogP contribution in [0.4, 0.5) is 5.69 Å². The molecule has 0 atom stereocenters. The molecule has 0 radical (unpaired) electrons. The second kappa shape index (κ2) is 9.06. The van der Waals surface area contributed by atoms with Gasteiger partial charge in [0.25, 0.3) is 0 Å². The molecule has 6 heteroatoms. The van der Waals surface area contributed by atoms with Crippen LogP contribution in [0.15, 0.2) is 59.8 Å². The van der Waals surface area contributed by atoms with Crippen LogP contribution >= 0.6 is 11.8 Å². The minimum Gasteiger partial charge on any atom is -0.325 e. The third-order valence-corrected chi connectivity index (χ3v) is 5.90. The van der Waals surface area contributed by atoms with Crippen LogP contribution in [0, 0.1) is 0 Å². The van der Waals surface area contributed by atoms with Gasteiger partial charge in [-0.3, -0.25) is 4.79 Å². The molecule has 1 N–H and O–H groups in total. The van der Waals surface area contributed by atoms with Crippen LogP contribution in [0.3, 0.4) is 0 Å². The predicted molar refractivity (Wildman–Crippen MR) is 113 cm³/mol. The van der Waals surface area contributed by atoms with Crippen molar-refractivity contribution in [1.82, 2.24) is 14.8 Å². The number of nitrogens with one attached hydrogen (secondary N) is 1. The highest BCUT2D eigenvalue weighted by Gasteiger charge is 2.16. The number of thioether (sulfide) groups is 1. The van der Waals surface area contributed by atoms with Crippen LogP contribution in [0.1, 0.15) is 36.2 Å². The van der Waals surface area contributed by atoms with Gasteiger partial charge in [0.2, 0.25) is 5.91 Å². The van der Waals surface area contributed by atoms with Crippen LogP contribution in [0.25, 0.3) is 0 Å². The number of aryl methyl sites for hydroxylation is 1. The number of carbonyl (C=O) groups excluding carboxylic acids is 1. The number of carbonyl (C=O) groups is 1. The van der Waals surface area contributed by atoms with Crippen molar-refractivity contribution >= 4 is 23.4 Å². The van der Waals surface area contributed by atoms with Crippen molar-refractivity contribution in [3.63, 3.8) is 0 Å². The first-order valence-electron chi connectivity index (χ1n) is 9.76. The Morgan fingerprint density at radius 3 is 2.71 bits per heavy atom. The number of aromatic nitrogens is 3. The number of benzene rings is 2. The third kappa shape index (κ3) is 4.62. The monoisotopic (exact) mass is 392 g/mol. The molecule has 3 aromatic rings. The molecule has 0 aliphatic carbocycles. The van der Waals surface area contributed by atoms with Gasteiger partial charge in [-0.1, -0.05) is 66.7 Å². The molecule has 0 bridgehead atoms. The summed E-state index contributed by atoms with van der Waals surface area (Å²) < 4.78 is 2.17. The van der Waals surface area contributed by atoms with Gasteiger partial charge in [-0.05, 0) is 36.5 Å². The maximum atomic E-state index is 12.6. The summed E-state index contributed by atoms with van der Waals surface area (Å²) in [6.07, 6.45) is 5.32. The molecule has 144 valence electrons. The molecule has 2 heterocycles. The number of para-hydroxylation sites is 1. The Labute approximate surface area is 169 Å². The van der Waals surface area contributed by atoms with E-state index in [1.165, 1.54) is 30.2 Å². The van der Waals surface area contributed by atoms with Crippen LogP contribution in [0.2, 0.25) is 0 Å². The van der Waals surface area contributed by atoms with Crippen molar-refractivity contribution in [2.24, 2.45) is 0 Å². The molecule has 5 nitrogen and oxygen atoms in total. The standard InChI is InChI=1S/C22H24N4OS/c27-21(16-28-22-25-24-20-13-5-2-8-14-26(20)22)23-19-12-7-6-11-18(19)15-17-9-3-1-4-10-17/h1,3-4,6-7,9-12H,2,5,8,13-16H2,(H,23,27). The fourth-order valence-corrected chi connectivity index (χ4v) is 4.28. The van der Waals surface area contributed by atoms with Gasteiger partial charge in [0, 0.05) is 18.7 Å². The molecule has 28 heavy (non-hydrogen) atoms. The highest BCUT2D eigenvalue weighted by Crippen LogP contribution is 2.23. The lowest BCUT2D eigenvalue weighted by Gasteiger charge is -2.11. The van der Waals surface area contributed by atoms with Gasteiger partial charge < -0.3 is 9.88 Å². The van der Waals surface area contributed by atoms with E-state index >= 15 is 0 Å². The second-order valence-electron chi connectivity index (χ2n) is 7.02. The molecule has 4 rings (SSSR count). The zero-order valence-electron chi connectivity index (χ0n) is 15.8. The molecule has 0 fully saturated rings. The van der Waals surface area contributed by atoms with E-state index in [-0.39, 0.29) is 5.91 Å². The first-order valence-corrected chi connectivity index (χ1v) is 10.7. The molecular weight excluding hydrogens is 368 g/mol. The molecule has 1 aliphatic heterocycles. The van der Waals surface area contributed by atoms with Crippen molar-refractivity contribution in [3.05, 3.63) is 71.5 Å². The first kappa shape index (κ1) is 18.7. The van der Waals surface area contributed by atoms with E-state index < -0.39 is 0 Å². The summed E-state index contributed by atoms with van der Waals surface area (Å²) in [6.45, 7) is 0.951. The molecule has 0 spiro atoms. The lowest BCUT2D eigenvalue weighted by molar-refractivity contribution is -0.113. The van der Waals surface area contributed by atoms with Gasteiger partial charge in [-0.25, -0.2) is 0 Å². The summed E-state index contributed by atoms with van der Waals surface area (Å²) in [5, 5.41) is 12.5. The zero-order chi connectivity index (χ0) is 19.2. The minimum absolute atomic E-state index is 0.0171. The van der Waals surface area contributed by atoms with E-state index in [2.05, 4.69) is 38.3 Å². The summed E-state index contributed by atoms with van der Waals surface area (Å²) >= 11 is 1.47. The Morgan fingerprint density at radius 1 is 1.00 bits per heavy atom. The van der Waals surface area contributed by atoms with Crippen molar-refractivity contribution in [2.75, 3.05) is 11.1 Å². The molecule has 1 amide bonds. The summed E-state index contributed by atoms with van der Waals surface area (Å²) in [5.41, 5.74) is 3.21. The Morgan fingerprint density at radius 2 is 1.82 bits per heavy atom. The van der Waals surface area contributed by atoms with Crippen LogP contribution in [-0.4, -0.2) is 26.4 Å². The van der Waals surface area contributed by atoms with Crippen molar-refractivity contribution in [2.45, 2.75) is 43.8 Å². The highest BCUT2D eigenvalue weighted by molar-refractivity contribution is 7.99. The lowest BCUT2D eigenvalue weighted by Crippen LogP contribution is -2.16. The topological polar surface area (TPSA) is 59.8 Å². The number of fused-ring (bicyclic) bond motifs is 1. The fraction of sp³-hybridized carbons (Fsp3) is 0.318. The van der Waals surface area contributed by atoms with Gasteiger partial charge >= 0.3 is 0 Å². The van der Waals surface area contributed by atoms with Gasteiger partial charge in [-0.15, -0.1) is 10.2 Å². The van der Waals surface area contributed by atoms with Gasteiger partial charge in [-0.2, -0.15) is 0 Å². The quantitative estimate of drug-likeness (QED) is 0.635. The predicted octanol–water partition coefficient (Wildman–Crippen LogP) is 4.33. The maximum absolute atomic E-state index is 12.6. The van der Waals surface area contributed by atoms with Crippen LogP contribution < -0.4 is 5.32 Å². The molecule has 0 saturated heterocycles. The fourth-order valence-electron chi connectivity index (χ4n) is 3.49. The number of amides is 1. The van der Waals surface area contributed by atoms with Gasteiger partial charge in [0.15, 0.2) is 5.16 Å². The molecule has 0 unspecified atom stereocenters. The number of hydrogen-bond acceptors (Lipinski definition) is 4. The Balaban J connectivity index is 1.39. The van der Waals surface area contributed by atoms with E-state index in [9.17, 15) is 4.79 Å². The van der Waals surface area contributed by atoms with Crippen molar-refractivity contribution < 1.29 is 4.79 Å². The molecular formula is C22H24N4OS. The van der Waals surface area contributed by atoms with Crippen LogP contribution in [0.5, 0.6) is 0 Å². The number of nitrogens with zero attached hydrogens (tertiary/aromatic N) is 3. The first-order chi connectivity index (χ1) is 13.8. The summed E-state index contributed by atoms with van der Waals surface area (Å²) in [6, 6.07) is 18.3. The largest absolute Gasteiger partial charge is 0.325 e. The Kier molecular flexibility index (Phi) is 6.07. The lowest BCUT2D eigenvalue weighted by atomic mass is 10.0. The molecule has 2 aromatic carbocycles. The van der Waals surface area contributed by atoms with Crippen molar-refractivity contribution in [3.8, 4) is 0 Å². The Bertz CT molecular complexity index is 939. The van der Waals surface area contributed by atoms with E-state index in [4.69, 9.17) is 0 Å². The highest BCUT2D eigenvalue weighted by atomic mass is 32.2. The van der Waals surface area contributed by atoms with Gasteiger partial charge in [0.1, 0.15) is 5.82 Å². The minimum atomic E-state index is -0.0171.